The molecule has 1 aromatic carbocycles. The maximum atomic E-state index is 12.4. The fraction of sp³-hybridized carbons (Fsp3) is 0.353. The predicted molar refractivity (Wildman–Crippen MR) is 86.8 cm³/mol. The zero-order chi connectivity index (χ0) is 16.5. The number of aryl methyl sites for hydroxylation is 1. The topological polar surface area (TPSA) is 76.5 Å². The van der Waals surface area contributed by atoms with Crippen LogP contribution in [0.4, 0.5) is 5.69 Å². The number of aromatic nitrogens is 2. The van der Waals surface area contributed by atoms with Crippen molar-refractivity contribution in [2.75, 3.05) is 18.1 Å². The van der Waals surface area contributed by atoms with Gasteiger partial charge in [0.2, 0.25) is 5.91 Å². The largest absolute Gasteiger partial charge is 0.482 e. The summed E-state index contributed by atoms with van der Waals surface area (Å²) in [5.74, 6) is 1.32. The summed E-state index contributed by atoms with van der Waals surface area (Å²) in [6.45, 7) is 0.688. The molecule has 0 radical (unpaired) electrons. The highest BCUT2D eigenvalue weighted by atomic mass is 16.5. The summed E-state index contributed by atoms with van der Waals surface area (Å²) in [4.78, 5) is 30.3. The molecule has 7 nitrogen and oxygen atoms in total. The number of imidazole rings is 1. The summed E-state index contributed by atoms with van der Waals surface area (Å²) < 4.78 is 7.45. The van der Waals surface area contributed by atoms with E-state index in [0.29, 0.717) is 18.0 Å². The standard InChI is InChI=1S/C17H18N4O3/c22-16(19-12-5-6-15-18-7-8-20(15)9-12)10-21-13-3-1-2-4-14(13)24-11-17(21)23/h1-4,7-8,12H,5-6,9-11H2,(H,19,22)/t12-/m1/s1. The van der Waals surface area contributed by atoms with Crippen molar-refractivity contribution in [3.8, 4) is 5.75 Å². The Morgan fingerprint density at radius 2 is 2.25 bits per heavy atom. The van der Waals surface area contributed by atoms with Gasteiger partial charge in [-0.1, -0.05) is 12.1 Å². The lowest BCUT2D eigenvalue weighted by molar-refractivity contribution is -0.125. The van der Waals surface area contributed by atoms with E-state index in [1.54, 1.807) is 18.3 Å². The van der Waals surface area contributed by atoms with Gasteiger partial charge in [-0.15, -0.1) is 0 Å². The van der Waals surface area contributed by atoms with Gasteiger partial charge >= 0.3 is 0 Å². The van der Waals surface area contributed by atoms with Gasteiger partial charge < -0.3 is 14.6 Å². The fourth-order valence-corrected chi connectivity index (χ4v) is 3.23. The number of nitrogens with one attached hydrogen (secondary N) is 1. The highest BCUT2D eigenvalue weighted by molar-refractivity contribution is 6.02. The number of amides is 2. The molecule has 1 N–H and O–H groups in total. The molecular formula is C17H18N4O3. The van der Waals surface area contributed by atoms with Crippen molar-refractivity contribution >= 4 is 17.5 Å². The van der Waals surface area contributed by atoms with E-state index in [9.17, 15) is 9.59 Å². The Labute approximate surface area is 139 Å². The Balaban J connectivity index is 1.42. The van der Waals surface area contributed by atoms with Gasteiger partial charge in [-0.05, 0) is 18.6 Å². The van der Waals surface area contributed by atoms with Gasteiger partial charge in [0, 0.05) is 31.4 Å². The maximum Gasteiger partial charge on any atom is 0.265 e. The van der Waals surface area contributed by atoms with Crippen molar-refractivity contribution in [3.63, 3.8) is 0 Å². The molecule has 124 valence electrons. The van der Waals surface area contributed by atoms with Crippen molar-refractivity contribution < 1.29 is 14.3 Å². The Hall–Kier alpha value is -2.83. The molecule has 7 heteroatoms. The van der Waals surface area contributed by atoms with E-state index in [2.05, 4.69) is 14.9 Å². The number of hydrogen-bond donors (Lipinski definition) is 1. The Kier molecular flexibility index (Phi) is 3.68. The van der Waals surface area contributed by atoms with Crippen molar-refractivity contribution in [2.24, 2.45) is 0 Å². The van der Waals surface area contributed by atoms with Crippen LogP contribution in [0.25, 0.3) is 0 Å². The first-order valence-corrected chi connectivity index (χ1v) is 8.02. The summed E-state index contributed by atoms with van der Waals surface area (Å²) in [6.07, 6.45) is 5.41. The van der Waals surface area contributed by atoms with Crippen LogP contribution in [0.3, 0.4) is 0 Å². The number of rotatable bonds is 3. The molecule has 3 heterocycles. The minimum Gasteiger partial charge on any atom is -0.482 e. The number of benzene rings is 1. The summed E-state index contributed by atoms with van der Waals surface area (Å²) in [5, 5.41) is 3.03. The molecule has 0 unspecified atom stereocenters. The quantitative estimate of drug-likeness (QED) is 0.902. The minimum atomic E-state index is -0.204. The Morgan fingerprint density at radius 3 is 3.17 bits per heavy atom. The van der Waals surface area contributed by atoms with Crippen molar-refractivity contribution in [3.05, 3.63) is 42.5 Å². The molecule has 24 heavy (non-hydrogen) atoms. The third-order valence-electron chi connectivity index (χ3n) is 4.41. The first-order valence-electron chi connectivity index (χ1n) is 8.02. The fourth-order valence-electron chi connectivity index (χ4n) is 3.23. The van der Waals surface area contributed by atoms with E-state index in [1.165, 1.54) is 4.90 Å². The molecule has 2 aliphatic heterocycles. The molecule has 0 saturated heterocycles. The zero-order valence-corrected chi connectivity index (χ0v) is 13.1. The minimum absolute atomic E-state index is 0.00644. The molecule has 0 saturated carbocycles. The van der Waals surface area contributed by atoms with Crippen LogP contribution in [-0.2, 0) is 22.6 Å². The highest BCUT2D eigenvalue weighted by Gasteiger charge is 2.28. The molecule has 0 bridgehead atoms. The van der Waals surface area contributed by atoms with Crippen LogP contribution in [-0.4, -0.2) is 40.6 Å². The Bertz CT molecular complexity index is 786. The second-order valence-corrected chi connectivity index (χ2v) is 6.04. The molecule has 0 fully saturated rings. The number of para-hydroxylation sites is 2. The average Bonchev–Trinajstić information content (AvgIpc) is 3.05. The second kappa shape index (κ2) is 5.99. The number of ether oxygens (including phenoxy) is 1. The molecule has 2 aromatic rings. The van der Waals surface area contributed by atoms with Crippen LogP contribution in [0.1, 0.15) is 12.2 Å². The first-order chi connectivity index (χ1) is 11.7. The SMILES string of the molecule is O=C(CN1C(=O)COc2ccccc21)N[C@@H]1CCc2nccn2C1. The van der Waals surface area contributed by atoms with Crippen LogP contribution < -0.4 is 15.0 Å². The third kappa shape index (κ3) is 2.73. The van der Waals surface area contributed by atoms with Gasteiger partial charge in [0.05, 0.1) is 5.69 Å². The van der Waals surface area contributed by atoms with Gasteiger partial charge in [-0.3, -0.25) is 14.5 Å². The molecule has 0 spiro atoms. The lowest BCUT2D eigenvalue weighted by Gasteiger charge is -2.30. The third-order valence-corrected chi connectivity index (χ3v) is 4.41. The van der Waals surface area contributed by atoms with E-state index in [1.807, 2.05) is 18.3 Å². The first kappa shape index (κ1) is 14.7. The zero-order valence-electron chi connectivity index (χ0n) is 13.1. The van der Waals surface area contributed by atoms with Crippen molar-refractivity contribution in [1.29, 1.82) is 0 Å². The van der Waals surface area contributed by atoms with E-state index >= 15 is 0 Å². The molecule has 4 rings (SSSR count). The lowest BCUT2D eigenvalue weighted by atomic mass is 10.1. The molecule has 1 aromatic heterocycles. The summed E-state index contributed by atoms with van der Waals surface area (Å²) in [6, 6.07) is 7.32. The highest BCUT2D eigenvalue weighted by Crippen LogP contribution is 2.31. The van der Waals surface area contributed by atoms with E-state index in [0.717, 1.165) is 18.7 Å². The van der Waals surface area contributed by atoms with Gasteiger partial charge in [0.15, 0.2) is 6.61 Å². The predicted octanol–water partition coefficient (Wildman–Crippen LogP) is 0.740. The normalized spacial score (nSPS) is 19.2. The average molecular weight is 326 g/mol. The maximum absolute atomic E-state index is 12.4. The number of hydrogen-bond acceptors (Lipinski definition) is 4. The molecule has 1 atom stereocenters. The van der Waals surface area contributed by atoms with E-state index in [-0.39, 0.29) is 31.0 Å². The number of carbonyl (C=O) groups excluding carboxylic acids is 2. The van der Waals surface area contributed by atoms with Crippen molar-refractivity contribution in [2.45, 2.75) is 25.4 Å². The number of carbonyl (C=O) groups is 2. The van der Waals surface area contributed by atoms with Gasteiger partial charge in [0.1, 0.15) is 18.1 Å². The number of fused-ring (bicyclic) bond motifs is 2. The van der Waals surface area contributed by atoms with Gasteiger partial charge in [-0.25, -0.2) is 4.98 Å². The van der Waals surface area contributed by atoms with E-state index in [4.69, 9.17) is 4.74 Å². The van der Waals surface area contributed by atoms with Crippen LogP contribution in [0.15, 0.2) is 36.7 Å². The second-order valence-electron chi connectivity index (χ2n) is 6.04. The monoisotopic (exact) mass is 326 g/mol. The molecule has 2 amide bonds. The smallest absolute Gasteiger partial charge is 0.265 e. The summed E-state index contributed by atoms with van der Waals surface area (Å²) in [7, 11) is 0. The van der Waals surface area contributed by atoms with Crippen LogP contribution in [0.5, 0.6) is 5.75 Å². The van der Waals surface area contributed by atoms with Gasteiger partial charge in [-0.2, -0.15) is 0 Å². The summed E-state index contributed by atoms with van der Waals surface area (Å²) >= 11 is 0. The molecule has 0 aliphatic carbocycles. The van der Waals surface area contributed by atoms with Crippen LogP contribution >= 0.6 is 0 Å². The lowest BCUT2D eigenvalue weighted by Crippen LogP contribution is -2.48. The van der Waals surface area contributed by atoms with Crippen LogP contribution in [0.2, 0.25) is 0 Å². The van der Waals surface area contributed by atoms with E-state index < -0.39 is 0 Å². The number of nitrogens with zero attached hydrogens (tertiary/aromatic N) is 3. The van der Waals surface area contributed by atoms with Gasteiger partial charge in [0.25, 0.3) is 5.91 Å². The van der Waals surface area contributed by atoms with Crippen LogP contribution in [0, 0.1) is 0 Å². The number of anilines is 1. The molecular weight excluding hydrogens is 308 g/mol. The summed E-state index contributed by atoms with van der Waals surface area (Å²) in [5.41, 5.74) is 0.643. The van der Waals surface area contributed by atoms with Crippen molar-refractivity contribution in [1.82, 2.24) is 14.9 Å². The Morgan fingerprint density at radius 1 is 1.38 bits per heavy atom. The molecule has 2 aliphatic rings.